The van der Waals surface area contributed by atoms with Crippen molar-refractivity contribution in [3.63, 3.8) is 0 Å². The Bertz CT molecular complexity index is 1400. The fourth-order valence-electron chi connectivity index (χ4n) is 3.97. The van der Waals surface area contributed by atoms with Gasteiger partial charge in [0.25, 0.3) is 0 Å². The Labute approximate surface area is 179 Å². The van der Waals surface area contributed by atoms with E-state index in [-0.39, 0.29) is 11.4 Å². The molecule has 0 bridgehead atoms. The Morgan fingerprint density at radius 2 is 1.83 bits per heavy atom. The highest BCUT2D eigenvalue weighted by molar-refractivity contribution is 7.90. The zero-order chi connectivity index (χ0) is 21.5. The van der Waals surface area contributed by atoms with Crippen molar-refractivity contribution in [3.05, 3.63) is 63.9 Å². The highest BCUT2D eigenvalue weighted by atomic mass is 35.5. The van der Waals surface area contributed by atoms with E-state index in [2.05, 4.69) is 9.55 Å². The van der Waals surface area contributed by atoms with Crippen LogP contribution in [0.1, 0.15) is 19.0 Å². The Morgan fingerprint density at radius 3 is 2.57 bits per heavy atom. The highest BCUT2D eigenvalue weighted by Gasteiger charge is 2.16. The van der Waals surface area contributed by atoms with Gasteiger partial charge in [-0.05, 0) is 43.7 Å². The van der Waals surface area contributed by atoms with E-state index in [1.165, 1.54) is 6.26 Å². The Morgan fingerprint density at radius 1 is 1.03 bits per heavy atom. The average molecular weight is 447 g/mol. The van der Waals surface area contributed by atoms with E-state index in [1.54, 1.807) is 21.5 Å². The molecule has 0 aliphatic carbocycles. The fraction of sp³-hybridized carbons (Fsp3) is 0.333. The highest BCUT2D eigenvalue weighted by Crippen LogP contribution is 2.25. The van der Waals surface area contributed by atoms with E-state index in [4.69, 9.17) is 11.6 Å². The zero-order valence-corrected chi connectivity index (χ0v) is 18.4. The second-order valence-corrected chi connectivity index (χ2v) is 10.1. The summed E-state index contributed by atoms with van der Waals surface area (Å²) in [5, 5.41) is 1.59. The fourth-order valence-corrected chi connectivity index (χ4v) is 4.80. The van der Waals surface area contributed by atoms with Crippen LogP contribution in [0.15, 0.2) is 47.5 Å². The van der Waals surface area contributed by atoms with Crippen LogP contribution in [0.3, 0.4) is 0 Å². The minimum absolute atomic E-state index is 0.0912. The molecule has 9 heteroatoms. The monoisotopic (exact) mass is 446 g/mol. The van der Waals surface area contributed by atoms with Crippen LogP contribution in [-0.4, -0.2) is 39.1 Å². The van der Waals surface area contributed by atoms with Gasteiger partial charge in [-0.15, -0.1) is 0 Å². The van der Waals surface area contributed by atoms with Crippen molar-refractivity contribution < 1.29 is 8.42 Å². The molecule has 3 aromatic heterocycles. The van der Waals surface area contributed by atoms with Crippen LogP contribution in [0.4, 0.5) is 0 Å². The van der Waals surface area contributed by atoms with Crippen LogP contribution in [0.25, 0.3) is 21.9 Å². The minimum atomic E-state index is -3.05. The first-order valence-electron chi connectivity index (χ1n) is 9.77. The van der Waals surface area contributed by atoms with E-state index < -0.39 is 9.84 Å². The van der Waals surface area contributed by atoms with Gasteiger partial charge in [0.1, 0.15) is 9.84 Å². The lowest BCUT2D eigenvalue weighted by Gasteiger charge is -2.11. The number of benzene rings is 1. The Kier molecular flexibility index (Phi) is 5.46. The number of hydrogen-bond donors (Lipinski definition) is 0. The summed E-state index contributed by atoms with van der Waals surface area (Å²) in [4.78, 5) is 17.2. The molecule has 0 unspecified atom stereocenters. The molecule has 0 aliphatic rings. The second kappa shape index (κ2) is 7.92. The van der Waals surface area contributed by atoms with Gasteiger partial charge in [0.05, 0.1) is 29.5 Å². The van der Waals surface area contributed by atoms with Crippen LogP contribution >= 0.6 is 11.6 Å². The third-order valence-electron chi connectivity index (χ3n) is 5.30. The summed E-state index contributed by atoms with van der Waals surface area (Å²) < 4.78 is 28.7. The van der Waals surface area contributed by atoms with Gasteiger partial charge in [-0.25, -0.2) is 13.2 Å². The molecule has 7 nitrogen and oxygen atoms in total. The number of nitrogens with zero attached hydrogens (tertiary/aromatic N) is 4. The second-order valence-electron chi connectivity index (χ2n) is 7.45. The van der Waals surface area contributed by atoms with E-state index in [0.29, 0.717) is 31.1 Å². The maximum atomic E-state index is 13.0. The number of hydrogen-bond acceptors (Lipinski definition) is 4. The normalized spacial score (nSPS) is 12.2. The summed E-state index contributed by atoms with van der Waals surface area (Å²) in [6.45, 7) is 3.40. The van der Waals surface area contributed by atoms with Crippen molar-refractivity contribution in [1.82, 2.24) is 18.7 Å². The van der Waals surface area contributed by atoms with Crippen molar-refractivity contribution in [2.45, 2.75) is 33.0 Å². The molecular formula is C21H23ClN4O3S. The summed E-state index contributed by atoms with van der Waals surface area (Å²) in [5.41, 5.74) is 3.41. The van der Waals surface area contributed by atoms with Gasteiger partial charge in [-0.2, -0.15) is 0 Å². The summed E-state index contributed by atoms with van der Waals surface area (Å²) in [7, 11) is -3.05. The molecule has 0 atom stereocenters. The first-order chi connectivity index (χ1) is 14.3. The first kappa shape index (κ1) is 20.7. The van der Waals surface area contributed by atoms with Crippen molar-refractivity contribution in [1.29, 1.82) is 0 Å². The number of aryl methyl sites for hydroxylation is 2. The summed E-state index contributed by atoms with van der Waals surface area (Å²) in [6, 6.07) is 9.49. The summed E-state index contributed by atoms with van der Waals surface area (Å²) >= 11 is 6.17. The van der Waals surface area contributed by atoms with Gasteiger partial charge < -0.3 is 4.57 Å². The SMILES string of the molecule is CCn1c(=O)n(Cc2cc3cc(Cl)ccc3n2CCCS(C)(=O)=O)c2cnccc21. The average Bonchev–Trinajstić information content (AvgIpc) is 3.15. The van der Waals surface area contributed by atoms with Gasteiger partial charge in [-0.1, -0.05) is 11.6 Å². The molecule has 3 heterocycles. The molecule has 0 saturated heterocycles. The van der Waals surface area contributed by atoms with Crippen molar-refractivity contribution in [3.8, 4) is 0 Å². The van der Waals surface area contributed by atoms with Gasteiger partial charge in [0, 0.05) is 47.2 Å². The zero-order valence-electron chi connectivity index (χ0n) is 16.9. The predicted octanol–water partition coefficient (Wildman–Crippen LogP) is 3.31. The molecule has 0 fully saturated rings. The number of halogens is 1. The standard InChI is InChI=1S/C21H23ClN4O3S/c1-3-24-19-7-8-23-13-20(19)26(21(24)27)14-17-12-15-11-16(22)5-6-18(15)25(17)9-4-10-30(2,28)29/h5-8,11-13H,3-4,9-10,14H2,1-2H3. The van der Waals surface area contributed by atoms with Gasteiger partial charge in [-0.3, -0.25) is 14.1 Å². The Hall–Kier alpha value is -2.58. The number of sulfone groups is 1. The van der Waals surface area contributed by atoms with E-state index >= 15 is 0 Å². The van der Waals surface area contributed by atoms with Gasteiger partial charge >= 0.3 is 5.69 Å². The van der Waals surface area contributed by atoms with Crippen LogP contribution in [0, 0.1) is 0 Å². The summed E-state index contributed by atoms with van der Waals surface area (Å²) in [6.07, 6.45) is 5.12. The van der Waals surface area contributed by atoms with Crippen LogP contribution in [0.2, 0.25) is 5.02 Å². The molecule has 0 spiro atoms. The molecule has 0 aliphatic heterocycles. The predicted molar refractivity (Wildman–Crippen MR) is 120 cm³/mol. The molecule has 0 N–H and O–H groups in total. The molecule has 0 radical (unpaired) electrons. The first-order valence-corrected chi connectivity index (χ1v) is 12.2. The molecule has 1 aromatic carbocycles. The maximum absolute atomic E-state index is 13.0. The van der Waals surface area contributed by atoms with Crippen molar-refractivity contribution in [2.24, 2.45) is 0 Å². The molecule has 4 rings (SSSR count). The lowest BCUT2D eigenvalue weighted by Crippen LogP contribution is -2.25. The maximum Gasteiger partial charge on any atom is 0.329 e. The van der Waals surface area contributed by atoms with Crippen LogP contribution in [0.5, 0.6) is 0 Å². The van der Waals surface area contributed by atoms with Crippen molar-refractivity contribution in [2.75, 3.05) is 12.0 Å². The number of rotatable bonds is 7. The molecular weight excluding hydrogens is 424 g/mol. The number of aromatic nitrogens is 4. The molecule has 0 saturated carbocycles. The molecule has 158 valence electrons. The Balaban J connectivity index is 1.81. The third-order valence-corrected chi connectivity index (χ3v) is 6.57. The van der Waals surface area contributed by atoms with Crippen LogP contribution in [-0.2, 0) is 29.5 Å². The minimum Gasteiger partial charge on any atom is -0.343 e. The number of pyridine rings is 1. The number of fused-ring (bicyclic) bond motifs is 2. The van der Waals surface area contributed by atoms with Gasteiger partial charge in [0.15, 0.2) is 0 Å². The lowest BCUT2D eigenvalue weighted by atomic mass is 10.2. The number of imidazole rings is 1. The molecule has 4 aromatic rings. The van der Waals surface area contributed by atoms with E-state index in [1.807, 2.05) is 37.3 Å². The van der Waals surface area contributed by atoms with E-state index in [0.717, 1.165) is 27.6 Å². The van der Waals surface area contributed by atoms with E-state index in [9.17, 15) is 13.2 Å². The van der Waals surface area contributed by atoms with Gasteiger partial charge in [0.2, 0.25) is 0 Å². The smallest absolute Gasteiger partial charge is 0.329 e. The third kappa shape index (κ3) is 3.89. The molecule has 30 heavy (non-hydrogen) atoms. The largest absolute Gasteiger partial charge is 0.343 e. The quantitative estimate of drug-likeness (QED) is 0.436. The topological polar surface area (TPSA) is 78.9 Å². The molecule has 0 amide bonds. The van der Waals surface area contributed by atoms with Crippen molar-refractivity contribution >= 4 is 43.4 Å². The summed E-state index contributed by atoms with van der Waals surface area (Å²) in [5.74, 6) is 0.110. The van der Waals surface area contributed by atoms with Crippen LogP contribution < -0.4 is 5.69 Å². The lowest BCUT2D eigenvalue weighted by molar-refractivity contribution is 0.588.